The molecule has 0 spiro atoms. The first-order valence-electron chi connectivity index (χ1n) is 42.1. The lowest BCUT2D eigenvalue weighted by atomic mass is 9.93. The first-order chi connectivity index (χ1) is 59.0. The van der Waals surface area contributed by atoms with Gasteiger partial charge in [0.2, 0.25) is 17.7 Å². The number of fused-ring (bicyclic) bond motifs is 5. The lowest BCUT2D eigenvalue weighted by molar-refractivity contribution is -0.140. The van der Waals surface area contributed by atoms with Gasteiger partial charge in [-0.05, 0) is 157 Å². The van der Waals surface area contributed by atoms with E-state index >= 15 is 0 Å². The molecule has 7 heterocycles. The van der Waals surface area contributed by atoms with E-state index in [1.807, 2.05) is 46.4 Å². The zero-order chi connectivity index (χ0) is 92.5. The number of ether oxygens (including phenoxy) is 6. The fourth-order valence-electron chi connectivity index (χ4n) is 14.7. The van der Waals surface area contributed by atoms with E-state index in [-0.39, 0.29) is 99.3 Å². The number of amides is 3. The summed E-state index contributed by atoms with van der Waals surface area (Å²) in [6.45, 7) is 35.9. The van der Waals surface area contributed by atoms with Crippen molar-refractivity contribution in [2.24, 2.45) is 72.8 Å². The summed E-state index contributed by atoms with van der Waals surface area (Å²) in [5.74, 6) is 2.72. The van der Waals surface area contributed by atoms with E-state index < -0.39 is 60.9 Å². The average molecular weight is 1840 g/mol. The molecule has 2 saturated heterocycles. The molecular formula is C87H123N15O19S5. The summed E-state index contributed by atoms with van der Waals surface area (Å²) >= 11 is 0. The van der Waals surface area contributed by atoms with Crippen LogP contribution in [0.4, 0.5) is 0 Å². The van der Waals surface area contributed by atoms with Gasteiger partial charge in [0.15, 0.2) is 5.88 Å². The molecule has 3 amide bonds. The number of hydrogen-bond donors (Lipinski definition) is 8. The summed E-state index contributed by atoms with van der Waals surface area (Å²) in [7, 11) is -17.8. The number of nitrogens with two attached hydrogens (primary N) is 5. The highest BCUT2D eigenvalue weighted by Crippen LogP contribution is 2.51. The van der Waals surface area contributed by atoms with Crippen molar-refractivity contribution in [1.82, 2.24) is 25.8 Å². The van der Waals surface area contributed by atoms with Crippen LogP contribution < -0.4 is 68.3 Å². The van der Waals surface area contributed by atoms with Crippen LogP contribution in [-0.2, 0) is 98.0 Å². The van der Waals surface area contributed by atoms with Gasteiger partial charge in [-0.1, -0.05) is 121 Å². The van der Waals surface area contributed by atoms with E-state index in [1.54, 1.807) is 105 Å². The summed E-state index contributed by atoms with van der Waals surface area (Å²) in [6.07, 6.45) is 11.7. The Hall–Kier alpha value is -10.5. The van der Waals surface area contributed by atoms with Crippen LogP contribution >= 0.6 is 0 Å². The molecular weight excluding hydrogens is 1720 g/mol. The largest absolute Gasteiger partial charge is 0.493 e. The Morgan fingerprint density at radius 3 is 1.29 bits per heavy atom. The summed E-state index contributed by atoms with van der Waals surface area (Å²) in [6, 6.07) is 26.2. The van der Waals surface area contributed by atoms with E-state index in [0.29, 0.717) is 136 Å². The number of rotatable bonds is 30. The van der Waals surface area contributed by atoms with Crippen LogP contribution in [0.25, 0.3) is 0 Å². The monoisotopic (exact) mass is 1840 g/mol. The van der Waals surface area contributed by atoms with Crippen molar-refractivity contribution in [3.8, 4) is 28.7 Å². The number of carbonyl (C=O) groups is 3. The van der Waals surface area contributed by atoms with Gasteiger partial charge in [0, 0.05) is 68.6 Å². The molecule has 0 aromatic heterocycles. The number of hydrogen-bond acceptors (Lipinski definition) is 26. The second kappa shape index (κ2) is 41.9. The minimum absolute atomic E-state index is 0.000341. The van der Waals surface area contributed by atoms with Crippen LogP contribution in [0.1, 0.15) is 209 Å². The highest BCUT2D eigenvalue weighted by Gasteiger charge is 2.47. The number of benzene rings is 5. The molecule has 5 aromatic carbocycles. The minimum Gasteiger partial charge on any atom is -0.493 e. The Balaban J connectivity index is 0.000000178. The number of likely N-dealkylation sites (tertiary alicyclic amines) is 2. The van der Waals surface area contributed by atoms with E-state index in [1.165, 1.54) is 6.92 Å². The summed E-state index contributed by atoms with van der Waals surface area (Å²) in [5.41, 5.74) is 34.6. The molecule has 690 valence electrons. The molecule has 1 saturated carbocycles. The number of carbonyl (C=O) groups excluding carboxylic acids is 3. The Morgan fingerprint density at radius 2 is 0.889 bits per heavy atom. The van der Waals surface area contributed by atoms with E-state index in [2.05, 4.69) is 69.8 Å². The van der Waals surface area contributed by atoms with Crippen LogP contribution in [0.15, 0.2) is 138 Å². The predicted octanol–water partition coefficient (Wildman–Crippen LogP) is 8.65. The van der Waals surface area contributed by atoms with Crippen molar-refractivity contribution in [3.05, 3.63) is 171 Å². The van der Waals surface area contributed by atoms with Crippen molar-refractivity contribution in [1.29, 1.82) is 0 Å². The lowest BCUT2D eigenvalue weighted by Gasteiger charge is -2.31. The van der Waals surface area contributed by atoms with E-state index in [4.69, 9.17) is 57.1 Å². The van der Waals surface area contributed by atoms with Crippen molar-refractivity contribution >= 4 is 97.0 Å². The van der Waals surface area contributed by atoms with Gasteiger partial charge >= 0.3 is 0 Å². The Morgan fingerprint density at radius 1 is 0.484 bits per heavy atom. The molecule has 7 aliphatic heterocycles. The number of amidine groups is 5. The predicted molar refractivity (Wildman–Crippen MR) is 488 cm³/mol. The van der Waals surface area contributed by atoms with Crippen molar-refractivity contribution in [3.63, 3.8) is 0 Å². The zero-order valence-corrected chi connectivity index (χ0v) is 77.9. The Labute approximate surface area is 741 Å². The molecule has 8 aliphatic rings. The van der Waals surface area contributed by atoms with Gasteiger partial charge in [-0.25, -0.2) is 42.1 Å². The number of sulfonamides is 5. The first kappa shape index (κ1) is 99.3. The fraction of sp³-hybridized carbons (Fsp3) is 0.517. The lowest BCUT2D eigenvalue weighted by Crippen LogP contribution is -2.44. The molecule has 1 aliphatic carbocycles. The third kappa shape index (κ3) is 28.0. The second-order valence-corrected chi connectivity index (χ2v) is 43.0. The Bertz CT molecular complexity index is 5620. The topological polar surface area (TPSA) is 512 Å². The third-order valence-corrected chi connectivity index (χ3v) is 27.0. The molecule has 2 atom stereocenters. The second-order valence-electron chi connectivity index (χ2n) is 34.8. The fourth-order valence-corrected chi connectivity index (χ4v) is 20.2. The van der Waals surface area contributed by atoms with Gasteiger partial charge in [0.25, 0.3) is 50.1 Å². The Kier molecular flexibility index (Phi) is 33.1. The van der Waals surface area contributed by atoms with Gasteiger partial charge < -0.3 is 82.8 Å². The summed E-state index contributed by atoms with van der Waals surface area (Å²) < 4.78 is 171. The summed E-state index contributed by atoms with van der Waals surface area (Å²) in [5, 5.41) is 9.01. The van der Waals surface area contributed by atoms with Crippen LogP contribution in [0.2, 0.25) is 0 Å². The quantitative estimate of drug-likeness (QED) is 0.0157. The third-order valence-electron chi connectivity index (χ3n) is 21.3. The number of nitrogens with one attached hydrogen (secondary N) is 3. The average Bonchev–Trinajstić information content (AvgIpc) is 1.48. The van der Waals surface area contributed by atoms with Gasteiger partial charge in [-0.2, -0.15) is 0 Å². The zero-order valence-electron chi connectivity index (χ0n) is 73.8. The maximum atomic E-state index is 12.6. The maximum Gasteiger partial charge on any atom is 0.259 e. The summed E-state index contributed by atoms with van der Waals surface area (Å²) in [4.78, 5) is 39.6. The molecule has 5 aromatic rings. The molecule has 13 N–H and O–H groups in total. The van der Waals surface area contributed by atoms with Crippen molar-refractivity contribution in [2.45, 2.75) is 194 Å². The van der Waals surface area contributed by atoms with Crippen LogP contribution in [0, 0.1) is 22.2 Å². The highest BCUT2D eigenvalue weighted by atomic mass is 32.2. The number of nitrogens with zero attached hydrogens (tertiary/aromatic N) is 7. The first-order valence-corrected chi connectivity index (χ1v) is 50.1. The molecule has 3 fully saturated rings. The van der Waals surface area contributed by atoms with E-state index in [0.717, 1.165) is 109 Å². The SMILES string of the molecule is C=C(NCCC)C1(COc2cccc3c2C(N)=NS(=O)(=O)C3)CC1.C=C(OC(C)(C)C)N1CCC(COc2cccc3c2C(N)=NS(=O)(=O)C3)C1.CC(=O)NCCCCCCOc1cccc2c1C(N)=NS(=O)(=O)C2.CC(C)(C)C(=O)N1CCC[C@@H]1COc1cccc2c1C(N)=NS(=O)(=O)C2.CCCCNC(=O)C(C)(C)COc1cccc2c1C(N)=NS(=O)(=O)C2. The van der Waals surface area contributed by atoms with Crippen LogP contribution in [-0.4, -0.2) is 183 Å². The van der Waals surface area contributed by atoms with E-state index in [9.17, 15) is 56.5 Å². The van der Waals surface area contributed by atoms with Gasteiger partial charge in [-0.3, -0.25) is 14.4 Å². The molecule has 126 heavy (non-hydrogen) atoms. The van der Waals surface area contributed by atoms with Gasteiger partial charge in [0.05, 0.1) is 87.9 Å². The molecule has 39 heteroatoms. The van der Waals surface area contributed by atoms with Crippen LogP contribution in [0.5, 0.6) is 28.7 Å². The van der Waals surface area contributed by atoms with Crippen molar-refractivity contribution < 1.29 is 84.9 Å². The number of unbranched alkanes of at least 4 members (excludes halogenated alkanes) is 4. The maximum absolute atomic E-state index is 12.6. The normalized spacial score (nSPS) is 18.9. The molecule has 1 unspecified atom stereocenters. The highest BCUT2D eigenvalue weighted by molar-refractivity contribution is 7.90. The molecule has 34 nitrogen and oxygen atoms in total. The van der Waals surface area contributed by atoms with Gasteiger partial charge in [-0.15, -0.1) is 22.0 Å². The van der Waals surface area contributed by atoms with Gasteiger partial charge in [0.1, 0.15) is 76.7 Å². The molecule has 0 radical (unpaired) electrons. The smallest absolute Gasteiger partial charge is 0.259 e. The molecule has 0 bridgehead atoms. The molecule has 13 rings (SSSR count). The minimum atomic E-state index is -3.59. The van der Waals surface area contributed by atoms with Crippen LogP contribution in [0.3, 0.4) is 0 Å². The van der Waals surface area contributed by atoms with Crippen molar-refractivity contribution in [2.75, 3.05) is 72.3 Å². The standard InChI is InChI=1S/C19H27N3O4S.C18H25N3O4S.C17H25N3O4S.C17H23N3O3S.C16H23N3O4S/c1-13(26-19(2,3)4)22-9-8-14(10-22)11-25-16-7-5-6-15-12-27(23,24)21-18(20)17(15)16;1-18(2,3)17(22)21-9-5-7-13(21)10-25-14-8-4-6-12-11-26(23,24)20-16(19)15(12)14;1-4-5-9-19-16(21)17(2,3)11-24-13-8-6-7-12-10-25(22,23)20-15(18)14(12)13;1-3-9-19-12(2)17(7-8-17)11-23-14-6-4-5-13-10-24(21,22)20-16(18)15(13)14;1-12(20)18-9-4-2-3-5-10-23-14-8-6-7-13-11-24(21,22)19-16(17)15(13)14/h5-7,14H,1,8-12H2,2-4H3,(H2,20,21);4,6,8,13H,5,7,9-11H2,1-3H3,(H2,19,20);6-8H,4-5,9-11H2,1-3H3,(H2,18,20)(H,19,21);4-6,19H,2-3,7-11H2,1H3,(H2,18,20);6-8H,2-5,9-11H2,1H3,(H2,17,19)(H,18,20)/t;13-;;;/m.1.../s1.